The molecule has 2 aromatic carbocycles. The lowest BCUT2D eigenvalue weighted by atomic mass is 10.1. The Morgan fingerprint density at radius 2 is 1.81 bits per heavy atom. The summed E-state index contributed by atoms with van der Waals surface area (Å²) in [5, 5.41) is 0.369. The lowest BCUT2D eigenvalue weighted by Gasteiger charge is -2.14. The van der Waals surface area contributed by atoms with Crippen LogP contribution < -0.4 is 15.0 Å². The normalized spacial score (nSPS) is 14.5. The number of nitrogens with zero attached hydrogens (tertiary/aromatic N) is 3. The summed E-state index contributed by atoms with van der Waals surface area (Å²) in [5.74, 6) is 0.887. The average Bonchev–Trinajstić information content (AvgIpc) is 3.18. The molecule has 1 saturated heterocycles. The summed E-state index contributed by atoms with van der Waals surface area (Å²) in [7, 11) is 1.61. The fraction of sp³-hybridized carbons (Fsp3) is 0.111. The Morgan fingerprint density at radius 3 is 2.57 bits per heavy atom. The van der Waals surface area contributed by atoms with Crippen LogP contribution in [-0.4, -0.2) is 38.2 Å². The molecular formula is C27H20ClN3O4S2. The average molecular weight is 550 g/mol. The van der Waals surface area contributed by atoms with Gasteiger partial charge in [-0.15, -0.1) is 0 Å². The van der Waals surface area contributed by atoms with Crippen molar-refractivity contribution < 1.29 is 14.3 Å². The van der Waals surface area contributed by atoms with Crippen molar-refractivity contribution in [3.8, 4) is 17.4 Å². The number of hydrogen-bond acceptors (Lipinski definition) is 7. The molecule has 0 unspecified atom stereocenters. The zero-order chi connectivity index (χ0) is 25.9. The van der Waals surface area contributed by atoms with E-state index in [-0.39, 0.29) is 22.9 Å². The number of pyridine rings is 1. The lowest BCUT2D eigenvalue weighted by Crippen LogP contribution is -2.30. The molecule has 1 aliphatic rings. The highest BCUT2D eigenvalue weighted by molar-refractivity contribution is 8.26. The Labute approximate surface area is 227 Å². The van der Waals surface area contributed by atoms with Crippen molar-refractivity contribution in [1.29, 1.82) is 0 Å². The SMILES string of the molecule is COc1ccc(CCN2C(=O)/C(=C\c3c(Oc4ccccc4Cl)nc4ccccn4c3=O)SC2=S)cc1. The van der Waals surface area contributed by atoms with E-state index in [4.69, 9.17) is 33.3 Å². The smallest absolute Gasteiger partial charge is 0.269 e. The molecule has 1 fully saturated rings. The van der Waals surface area contributed by atoms with E-state index >= 15 is 0 Å². The second kappa shape index (κ2) is 10.8. The quantitative estimate of drug-likeness (QED) is 0.220. The number of amides is 1. The van der Waals surface area contributed by atoms with Crippen LogP contribution in [0.15, 0.2) is 82.6 Å². The van der Waals surface area contributed by atoms with E-state index in [0.717, 1.165) is 23.1 Å². The first-order valence-electron chi connectivity index (χ1n) is 11.3. The Balaban J connectivity index is 1.47. The maximum atomic E-state index is 13.4. The minimum absolute atomic E-state index is 0.0489. The van der Waals surface area contributed by atoms with E-state index in [1.807, 2.05) is 24.3 Å². The summed E-state index contributed by atoms with van der Waals surface area (Å²) in [5.41, 5.74) is 1.19. The van der Waals surface area contributed by atoms with Crippen LogP contribution in [-0.2, 0) is 11.2 Å². The summed E-state index contributed by atoms with van der Waals surface area (Å²) in [6.07, 6.45) is 3.72. The molecule has 1 amide bonds. The molecule has 4 aromatic rings. The fourth-order valence-electron chi connectivity index (χ4n) is 3.77. The molecule has 3 heterocycles. The predicted molar refractivity (Wildman–Crippen MR) is 150 cm³/mol. The van der Waals surface area contributed by atoms with Gasteiger partial charge in [-0.25, -0.2) is 0 Å². The van der Waals surface area contributed by atoms with Gasteiger partial charge in [-0.1, -0.05) is 65.9 Å². The maximum Gasteiger partial charge on any atom is 0.269 e. The number of carbonyl (C=O) groups is 1. The number of thioether (sulfide) groups is 1. The van der Waals surface area contributed by atoms with Crippen LogP contribution in [0.3, 0.4) is 0 Å². The van der Waals surface area contributed by atoms with Crippen molar-refractivity contribution in [3.05, 3.63) is 104 Å². The summed E-state index contributed by atoms with van der Waals surface area (Å²) >= 11 is 12.9. The molecule has 0 bridgehead atoms. The van der Waals surface area contributed by atoms with Crippen LogP contribution in [0.25, 0.3) is 11.7 Å². The molecule has 0 aliphatic carbocycles. The van der Waals surface area contributed by atoms with Crippen molar-refractivity contribution >= 4 is 57.5 Å². The fourth-order valence-corrected chi connectivity index (χ4v) is 5.24. The first kappa shape index (κ1) is 25.0. The van der Waals surface area contributed by atoms with E-state index in [1.165, 1.54) is 15.4 Å². The molecule has 7 nitrogen and oxygen atoms in total. The summed E-state index contributed by atoms with van der Waals surface area (Å²) in [6.45, 7) is 0.409. The van der Waals surface area contributed by atoms with Crippen molar-refractivity contribution in [2.75, 3.05) is 13.7 Å². The minimum atomic E-state index is -0.379. The number of fused-ring (bicyclic) bond motifs is 1. The molecule has 1 aliphatic heterocycles. The summed E-state index contributed by atoms with van der Waals surface area (Å²) < 4.78 is 13.0. The van der Waals surface area contributed by atoms with Gasteiger partial charge in [0.2, 0.25) is 5.88 Å². The molecule has 0 spiro atoms. The van der Waals surface area contributed by atoms with Gasteiger partial charge in [-0.05, 0) is 54.5 Å². The molecule has 10 heteroatoms. The highest BCUT2D eigenvalue weighted by Gasteiger charge is 2.32. The number of methoxy groups -OCH3 is 1. The van der Waals surface area contributed by atoms with Gasteiger partial charge in [-0.2, -0.15) is 4.98 Å². The standard InChI is InChI=1S/C27H20ClN3O4S2/c1-34-18-11-9-17(10-12-18)13-15-31-26(33)22(37-27(31)36)16-19-24(35-21-7-3-2-6-20(21)28)29-23-8-4-5-14-30(23)25(19)32/h2-12,14,16H,13,15H2,1H3/b22-16+. The topological polar surface area (TPSA) is 73.1 Å². The monoisotopic (exact) mass is 549 g/mol. The zero-order valence-corrected chi connectivity index (χ0v) is 22.0. The summed E-state index contributed by atoms with van der Waals surface area (Å²) in [6, 6.07) is 19.8. The molecule has 5 rings (SSSR count). The van der Waals surface area contributed by atoms with Crippen LogP contribution in [0.4, 0.5) is 0 Å². The van der Waals surface area contributed by atoms with Gasteiger partial charge in [-0.3, -0.25) is 18.9 Å². The van der Waals surface area contributed by atoms with E-state index in [9.17, 15) is 9.59 Å². The number of para-hydroxylation sites is 1. The molecule has 0 radical (unpaired) electrons. The van der Waals surface area contributed by atoms with E-state index in [0.29, 0.717) is 38.6 Å². The second-order valence-electron chi connectivity index (χ2n) is 8.03. The van der Waals surface area contributed by atoms with Crippen LogP contribution in [0.1, 0.15) is 11.1 Å². The first-order chi connectivity index (χ1) is 17.9. The molecular weight excluding hydrogens is 530 g/mol. The zero-order valence-electron chi connectivity index (χ0n) is 19.6. The Kier molecular flexibility index (Phi) is 7.27. The molecule has 186 valence electrons. The van der Waals surface area contributed by atoms with Crippen LogP contribution in [0.5, 0.6) is 17.4 Å². The Bertz CT molecular complexity index is 1600. The number of halogens is 1. The third-order valence-corrected chi connectivity index (χ3v) is 7.40. The second-order valence-corrected chi connectivity index (χ2v) is 10.1. The largest absolute Gasteiger partial charge is 0.497 e. The number of thiocarbonyl (C=S) groups is 1. The third kappa shape index (κ3) is 5.24. The van der Waals surface area contributed by atoms with Gasteiger partial charge in [0.1, 0.15) is 27.0 Å². The molecule has 37 heavy (non-hydrogen) atoms. The van der Waals surface area contributed by atoms with Crippen LogP contribution >= 0.6 is 35.6 Å². The lowest BCUT2D eigenvalue weighted by molar-refractivity contribution is -0.122. The number of benzene rings is 2. The van der Waals surface area contributed by atoms with Gasteiger partial charge >= 0.3 is 0 Å². The van der Waals surface area contributed by atoms with Crippen molar-refractivity contribution in [1.82, 2.24) is 14.3 Å². The van der Waals surface area contributed by atoms with Crippen LogP contribution in [0.2, 0.25) is 5.02 Å². The highest BCUT2D eigenvalue weighted by atomic mass is 35.5. The number of carbonyl (C=O) groups excluding carboxylic acids is 1. The maximum absolute atomic E-state index is 13.4. The van der Waals surface area contributed by atoms with E-state index in [2.05, 4.69) is 4.98 Å². The number of aromatic nitrogens is 2. The first-order valence-corrected chi connectivity index (χ1v) is 12.9. The highest BCUT2D eigenvalue weighted by Crippen LogP contribution is 2.35. The van der Waals surface area contributed by atoms with Gasteiger partial charge < -0.3 is 9.47 Å². The van der Waals surface area contributed by atoms with E-state index in [1.54, 1.807) is 55.8 Å². The number of hydrogen-bond donors (Lipinski definition) is 0. The number of ether oxygens (including phenoxy) is 2. The van der Waals surface area contributed by atoms with Crippen molar-refractivity contribution in [2.45, 2.75) is 6.42 Å². The molecule has 0 atom stereocenters. The minimum Gasteiger partial charge on any atom is -0.497 e. The van der Waals surface area contributed by atoms with Gasteiger partial charge in [0, 0.05) is 12.7 Å². The van der Waals surface area contributed by atoms with Gasteiger partial charge in [0.25, 0.3) is 11.5 Å². The van der Waals surface area contributed by atoms with Crippen molar-refractivity contribution in [3.63, 3.8) is 0 Å². The van der Waals surface area contributed by atoms with Gasteiger partial charge in [0.15, 0.2) is 0 Å². The van der Waals surface area contributed by atoms with Crippen LogP contribution in [0, 0.1) is 0 Å². The Morgan fingerprint density at radius 1 is 1.05 bits per heavy atom. The summed E-state index contributed by atoms with van der Waals surface area (Å²) in [4.78, 5) is 33.1. The Hall–Kier alpha value is -3.66. The van der Waals surface area contributed by atoms with Crippen molar-refractivity contribution in [2.24, 2.45) is 0 Å². The molecule has 0 N–H and O–H groups in total. The third-order valence-electron chi connectivity index (χ3n) is 5.71. The molecule has 2 aromatic heterocycles. The molecule has 0 saturated carbocycles. The van der Waals surface area contributed by atoms with E-state index < -0.39 is 0 Å². The predicted octanol–water partition coefficient (Wildman–Crippen LogP) is 5.59. The number of rotatable bonds is 7. The van der Waals surface area contributed by atoms with Gasteiger partial charge in [0.05, 0.1) is 17.0 Å².